The van der Waals surface area contributed by atoms with Crippen LogP contribution < -0.4 is 17.2 Å². The lowest BCUT2D eigenvalue weighted by molar-refractivity contribution is 1.20. The van der Waals surface area contributed by atoms with Crippen molar-refractivity contribution in [1.29, 1.82) is 0 Å². The second-order valence-electron chi connectivity index (χ2n) is 3.83. The molecule has 0 aliphatic heterocycles. The van der Waals surface area contributed by atoms with Crippen molar-refractivity contribution < 1.29 is 0 Å². The van der Waals surface area contributed by atoms with Gasteiger partial charge in [0.25, 0.3) is 0 Å². The van der Waals surface area contributed by atoms with Gasteiger partial charge in [0.05, 0.1) is 0 Å². The molecule has 4 heteroatoms. The largest absolute Gasteiger partial charge is 0.399 e. The minimum atomic E-state index is 0. The van der Waals surface area contributed by atoms with E-state index < -0.39 is 0 Å². The summed E-state index contributed by atoms with van der Waals surface area (Å²) in [5.74, 6) is 0. The summed E-state index contributed by atoms with van der Waals surface area (Å²) in [4.78, 5) is 0. The molecular formula is C13H16ClN3. The van der Waals surface area contributed by atoms with Crippen molar-refractivity contribution in [3.63, 3.8) is 0 Å². The third kappa shape index (κ3) is 3.04. The number of halogens is 1. The summed E-state index contributed by atoms with van der Waals surface area (Å²) in [5.41, 5.74) is 21.8. The van der Waals surface area contributed by atoms with Crippen molar-refractivity contribution in [3.8, 4) is 0 Å². The Balaban J connectivity index is 0.00000144. The summed E-state index contributed by atoms with van der Waals surface area (Å²) in [6.07, 6.45) is 0.735. The van der Waals surface area contributed by atoms with E-state index in [9.17, 15) is 0 Å². The fourth-order valence-electron chi connectivity index (χ4n) is 1.67. The van der Waals surface area contributed by atoms with Crippen LogP contribution in [0.3, 0.4) is 0 Å². The summed E-state index contributed by atoms with van der Waals surface area (Å²) < 4.78 is 0. The molecule has 0 amide bonds. The Hall–Kier alpha value is -1.87. The molecule has 0 bridgehead atoms. The first-order valence-corrected chi connectivity index (χ1v) is 5.14. The van der Waals surface area contributed by atoms with E-state index in [0.717, 1.165) is 34.6 Å². The summed E-state index contributed by atoms with van der Waals surface area (Å²) in [6, 6.07) is 13.3. The molecule has 17 heavy (non-hydrogen) atoms. The third-order valence-corrected chi connectivity index (χ3v) is 2.61. The van der Waals surface area contributed by atoms with Gasteiger partial charge in [-0.05, 0) is 29.8 Å². The van der Waals surface area contributed by atoms with Crippen LogP contribution in [-0.4, -0.2) is 0 Å². The van der Waals surface area contributed by atoms with Crippen molar-refractivity contribution in [2.75, 3.05) is 17.2 Å². The van der Waals surface area contributed by atoms with Gasteiger partial charge in [-0.3, -0.25) is 0 Å². The van der Waals surface area contributed by atoms with Crippen molar-refractivity contribution in [1.82, 2.24) is 0 Å². The van der Waals surface area contributed by atoms with Gasteiger partial charge >= 0.3 is 0 Å². The van der Waals surface area contributed by atoms with Crippen LogP contribution in [0.2, 0.25) is 0 Å². The van der Waals surface area contributed by atoms with Gasteiger partial charge < -0.3 is 17.2 Å². The number of nitrogens with two attached hydrogens (primary N) is 3. The minimum absolute atomic E-state index is 0. The van der Waals surface area contributed by atoms with E-state index in [4.69, 9.17) is 17.2 Å². The van der Waals surface area contributed by atoms with Gasteiger partial charge in [0, 0.05) is 29.0 Å². The molecule has 0 radical (unpaired) electrons. The molecule has 0 aliphatic carbocycles. The lowest BCUT2D eigenvalue weighted by atomic mass is 10.0. The Bertz CT molecular complexity index is 474. The zero-order valence-corrected chi connectivity index (χ0v) is 10.2. The molecule has 0 fully saturated rings. The van der Waals surface area contributed by atoms with Gasteiger partial charge in [-0.1, -0.05) is 18.2 Å². The molecule has 2 aromatic carbocycles. The quantitative estimate of drug-likeness (QED) is 0.716. The van der Waals surface area contributed by atoms with Gasteiger partial charge in [-0.25, -0.2) is 0 Å². The molecule has 6 N–H and O–H groups in total. The van der Waals surface area contributed by atoms with E-state index in [1.54, 1.807) is 0 Å². The third-order valence-electron chi connectivity index (χ3n) is 2.61. The zero-order valence-electron chi connectivity index (χ0n) is 9.39. The van der Waals surface area contributed by atoms with Crippen LogP contribution in [0.4, 0.5) is 17.1 Å². The maximum absolute atomic E-state index is 5.89. The van der Waals surface area contributed by atoms with Crippen molar-refractivity contribution in [2.24, 2.45) is 0 Å². The summed E-state index contributed by atoms with van der Waals surface area (Å²) in [5, 5.41) is 0. The Morgan fingerprint density at radius 1 is 0.765 bits per heavy atom. The average molecular weight is 250 g/mol. The first kappa shape index (κ1) is 13.2. The molecule has 3 nitrogen and oxygen atoms in total. The van der Waals surface area contributed by atoms with Crippen LogP contribution >= 0.6 is 12.4 Å². The van der Waals surface area contributed by atoms with Gasteiger partial charge in [0.1, 0.15) is 0 Å². The van der Waals surface area contributed by atoms with Crippen molar-refractivity contribution in [2.45, 2.75) is 6.42 Å². The lowest BCUT2D eigenvalue weighted by Crippen LogP contribution is -2.01. The maximum Gasteiger partial charge on any atom is 0.0370 e. The Labute approximate surface area is 107 Å². The highest BCUT2D eigenvalue weighted by Gasteiger charge is 2.04. The fourth-order valence-corrected chi connectivity index (χ4v) is 1.67. The van der Waals surface area contributed by atoms with E-state index in [1.165, 1.54) is 0 Å². The molecule has 2 aromatic rings. The van der Waals surface area contributed by atoms with E-state index in [-0.39, 0.29) is 12.4 Å². The Morgan fingerprint density at radius 3 is 1.82 bits per heavy atom. The summed E-state index contributed by atoms with van der Waals surface area (Å²) >= 11 is 0. The highest BCUT2D eigenvalue weighted by Crippen LogP contribution is 2.22. The highest BCUT2D eigenvalue weighted by molar-refractivity contribution is 5.85. The van der Waals surface area contributed by atoms with Crippen LogP contribution in [0.25, 0.3) is 0 Å². The molecule has 0 unspecified atom stereocenters. The van der Waals surface area contributed by atoms with Crippen LogP contribution in [0.1, 0.15) is 11.1 Å². The van der Waals surface area contributed by atoms with Crippen LogP contribution in [0, 0.1) is 0 Å². The van der Waals surface area contributed by atoms with Gasteiger partial charge in [0.2, 0.25) is 0 Å². The summed E-state index contributed by atoms with van der Waals surface area (Å²) in [6.45, 7) is 0. The number of anilines is 3. The van der Waals surface area contributed by atoms with Gasteiger partial charge in [-0.15, -0.1) is 12.4 Å². The van der Waals surface area contributed by atoms with Crippen LogP contribution in [-0.2, 0) is 6.42 Å². The number of rotatable bonds is 2. The average Bonchev–Trinajstić information content (AvgIpc) is 2.26. The lowest BCUT2D eigenvalue weighted by Gasteiger charge is -2.09. The number of benzene rings is 2. The zero-order chi connectivity index (χ0) is 11.5. The first-order valence-electron chi connectivity index (χ1n) is 5.14. The molecule has 90 valence electrons. The Morgan fingerprint density at radius 2 is 1.29 bits per heavy atom. The molecule has 2 rings (SSSR count). The Kier molecular flexibility index (Phi) is 4.24. The van der Waals surface area contributed by atoms with Crippen LogP contribution in [0.5, 0.6) is 0 Å². The summed E-state index contributed by atoms with van der Waals surface area (Å²) in [7, 11) is 0. The van der Waals surface area contributed by atoms with Crippen molar-refractivity contribution >= 4 is 29.5 Å². The van der Waals surface area contributed by atoms with E-state index in [0.29, 0.717) is 0 Å². The van der Waals surface area contributed by atoms with Crippen molar-refractivity contribution in [3.05, 3.63) is 53.6 Å². The number of hydrogen-bond donors (Lipinski definition) is 3. The maximum atomic E-state index is 5.89. The number of nitrogen functional groups attached to an aromatic ring is 3. The highest BCUT2D eigenvalue weighted by atomic mass is 35.5. The molecule has 0 saturated carbocycles. The standard InChI is InChI=1S/C13H15N3.ClH/c14-10-6-4-9(5-7-10)8-11-12(15)2-1-3-13(11)16;/h1-7H,8,14-16H2;1H. The van der Waals surface area contributed by atoms with Crippen LogP contribution in [0.15, 0.2) is 42.5 Å². The monoisotopic (exact) mass is 249 g/mol. The second-order valence-corrected chi connectivity index (χ2v) is 3.83. The predicted molar refractivity (Wildman–Crippen MR) is 76.2 cm³/mol. The minimum Gasteiger partial charge on any atom is -0.399 e. The smallest absolute Gasteiger partial charge is 0.0370 e. The number of hydrogen-bond acceptors (Lipinski definition) is 3. The molecule has 0 saturated heterocycles. The molecule has 0 atom stereocenters. The van der Waals surface area contributed by atoms with Gasteiger partial charge in [0.15, 0.2) is 0 Å². The fraction of sp³-hybridized carbons (Fsp3) is 0.0769. The molecule has 0 heterocycles. The molecule has 0 aliphatic rings. The topological polar surface area (TPSA) is 78.1 Å². The molecule has 0 aromatic heterocycles. The first-order chi connectivity index (χ1) is 7.66. The second kappa shape index (κ2) is 5.46. The predicted octanol–water partition coefficient (Wildman–Crippen LogP) is 2.45. The molecule has 0 spiro atoms. The normalized spacial score (nSPS) is 9.65. The van der Waals surface area contributed by atoms with Gasteiger partial charge in [-0.2, -0.15) is 0 Å². The molecular weight excluding hydrogens is 234 g/mol. The van der Waals surface area contributed by atoms with E-state index in [2.05, 4.69) is 0 Å². The van der Waals surface area contributed by atoms with E-state index in [1.807, 2.05) is 42.5 Å². The van der Waals surface area contributed by atoms with E-state index >= 15 is 0 Å². The SMILES string of the molecule is Cl.Nc1ccc(Cc2c(N)cccc2N)cc1.